The molecule has 1 fully saturated rings. The molecule has 9 nitrogen and oxygen atoms in total. The van der Waals surface area contributed by atoms with Crippen molar-refractivity contribution in [3.8, 4) is 0 Å². The van der Waals surface area contributed by atoms with Crippen LogP contribution in [-0.4, -0.2) is 88.5 Å². The van der Waals surface area contributed by atoms with Gasteiger partial charge >= 0.3 is 18.0 Å². The van der Waals surface area contributed by atoms with Gasteiger partial charge in [-0.1, -0.05) is 0 Å². The van der Waals surface area contributed by atoms with E-state index < -0.39 is 30.4 Å². The zero-order chi connectivity index (χ0) is 15.1. The van der Waals surface area contributed by atoms with Crippen molar-refractivity contribution in [3.05, 3.63) is 0 Å². The number of β-amino-alcohol motifs (C(OH)–C–C–N with tert-alkyl or cyclic N) is 1. The van der Waals surface area contributed by atoms with E-state index in [1.165, 1.54) is 4.90 Å². The zero-order valence-corrected chi connectivity index (χ0v) is 11.0. The number of aliphatic hydroxyl groups is 1. The fourth-order valence-corrected chi connectivity index (χ4v) is 1.93. The maximum Gasteiger partial charge on any atom is 0.326 e. The monoisotopic (exact) mass is 289 g/mol. The van der Waals surface area contributed by atoms with Gasteiger partial charge in [0.15, 0.2) is 0 Å². The molecule has 114 valence electrons. The number of hydrogen-bond acceptors (Lipinski definition) is 5. The Morgan fingerprint density at radius 2 is 1.70 bits per heavy atom. The van der Waals surface area contributed by atoms with Gasteiger partial charge in [0.1, 0.15) is 6.04 Å². The summed E-state index contributed by atoms with van der Waals surface area (Å²) < 4.78 is 0. The van der Waals surface area contributed by atoms with Gasteiger partial charge in [-0.3, -0.25) is 9.69 Å². The van der Waals surface area contributed by atoms with Crippen molar-refractivity contribution in [2.45, 2.75) is 12.5 Å². The smallest absolute Gasteiger partial charge is 0.326 e. The molecule has 1 unspecified atom stereocenters. The number of carboxylic acids is 2. The molecule has 9 heteroatoms. The first kappa shape index (κ1) is 16.2. The molecule has 2 amide bonds. The molecule has 0 radical (unpaired) electrons. The van der Waals surface area contributed by atoms with E-state index in [9.17, 15) is 14.4 Å². The lowest BCUT2D eigenvalue weighted by Crippen LogP contribution is -2.55. The number of carbonyl (C=O) groups is 3. The summed E-state index contributed by atoms with van der Waals surface area (Å²) in [7, 11) is 0. The predicted molar refractivity (Wildman–Crippen MR) is 67.3 cm³/mol. The summed E-state index contributed by atoms with van der Waals surface area (Å²) in [5.41, 5.74) is 0. The normalized spacial score (nSPS) is 17.6. The molecule has 0 aromatic rings. The molecule has 0 aliphatic carbocycles. The molecule has 1 heterocycles. The predicted octanol–water partition coefficient (Wildman–Crippen LogP) is -1.77. The molecule has 1 saturated heterocycles. The van der Waals surface area contributed by atoms with E-state index in [2.05, 4.69) is 5.32 Å². The molecule has 1 aliphatic rings. The minimum Gasteiger partial charge on any atom is -0.481 e. The molecule has 20 heavy (non-hydrogen) atoms. The molecule has 1 aliphatic heterocycles. The van der Waals surface area contributed by atoms with Crippen LogP contribution in [0.5, 0.6) is 0 Å². The third-order valence-electron chi connectivity index (χ3n) is 3.05. The first-order valence-corrected chi connectivity index (χ1v) is 6.27. The third kappa shape index (κ3) is 5.02. The van der Waals surface area contributed by atoms with Crippen LogP contribution in [0, 0.1) is 0 Å². The van der Waals surface area contributed by atoms with Crippen molar-refractivity contribution in [1.29, 1.82) is 0 Å². The number of hydrogen-bond donors (Lipinski definition) is 4. The number of rotatable bonds is 6. The highest BCUT2D eigenvalue weighted by atomic mass is 16.4. The van der Waals surface area contributed by atoms with Gasteiger partial charge in [0, 0.05) is 32.7 Å². The molecule has 0 saturated carbocycles. The van der Waals surface area contributed by atoms with Crippen LogP contribution in [0.1, 0.15) is 6.42 Å². The summed E-state index contributed by atoms with van der Waals surface area (Å²) in [5, 5.41) is 28.4. The zero-order valence-electron chi connectivity index (χ0n) is 11.0. The summed E-state index contributed by atoms with van der Waals surface area (Å²) in [6.45, 7) is 2.57. The van der Waals surface area contributed by atoms with E-state index in [-0.39, 0.29) is 6.61 Å². The molecule has 0 spiro atoms. The van der Waals surface area contributed by atoms with Crippen LogP contribution in [0.2, 0.25) is 0 Å². The number of urea groups is 1. The average molecular weight is 289 g/mol. The summed E-state index contributed by atoms with van der Waals surface area (Å²) in [5.74, 6) is -2.66. The van der Waals surface area contributed by atoms with Crippen molar-refractivity contribution in [2.75, 3.05) is 39.3 Å². The van der Waals surface area contributed by atoms with E-state index in [0.717, 1.165) is 0 Å². The van der Waals surface area contributed by atoms with E-state index in [1.807, 2.05) is 4.90 Å². The summed E-state index contributed by atoms with van der Waals surface area (Å²) in [6.07, 6.45) is -0.661. The largest absolute Gasteiger partial charge is 0.481 e. The lowest BCUT2D eigenvalue weighted by Gasteiger charge is -2.34. The van der Waals surface area contributed by atoms with E-state index in [4.69, 9.17) is 15.3 Å². The van der Waals surface area contributed by atoms with E-state index >= 15 is 0 Å². The van der Waals surface area contributed by atoms with Gasteiger partial charge in [0.25, 0.3) is 0 Å². The Balaban J connectivity index is 2.45. The Hall–Kier alpha value is -1.87. The minimum atomic E-state index is -1.43. The minimum absolute atomic E-state index is 0.0475. The van der Waals surface area contributed by atoms with Crippen LogP contribution in [0.25, 0.3) is 0 Å². The Kier molecular flexibility index (Phi) is 6.19. The lowest BCUT2D eigenvalue weighted by atomic mass is 10.2. The summed E-state index contributed by atoms with van der Waals surface area (Å²) in [6, 6.07) is -2.02. The summed E-state index contributed by atoms with van der Waals surface area (Å²) >= 11 is 0. The van der Waals surface area contributed by atoms with Crippen LogP contribution in [0.4, 0.5) is 4.79 Å². The molecule has 0 bridgehead atoms. The molecule has 1 rings (SSSR count). The number of carbonyl (C=O) groups excluding carboxylic acids is 1. The second kappa shape index (κ2) is 7.65. The van der Waals surface area contributed by atoms with Crippen molar-refractivity contribution in [2.24, 2.45) is 0 Å². The van der Waals surface area contributed by atoms with Crippen LogP contribution in [-0.2, 0) is 9.59 Å². The number of piperazine rings is 1. The topological polar surface area (TPSA) is 130 Å². The summed E-state index contributed by atoms with van der Waals surface area (Å²) in [4.78, 5) is 36.7. The van der Waals surface area contributed by atoms with Gasteiger partial charge in [-0.25, -0.2) is 9.59 Å². The highest BCUT2D eigenvalue weighted by Gasteiger charge is 2.27. The van der Waals surface area contributed by atoms with E-state index in [1.54, 1.807) is 0 Å². The Morgan fingerprint density at radius 1 is 1.10 bits per heavy atom. The number of aliphatic hydroxyl groups excluding tert-OH is 1. The van der Waals surface area contributed by atoms with Gasteiger partial charge in [-0.15, -0.1) is 0 Å². The molecular weight excluding hydrogens is 270 g/mol. The van der Waals surface area contributed by atoms with Crippen molar-refractivity contribution in [3.63, 3.8) is 0 Å². The van der Waals surface area contributed by atoms with Crippen LogP contribution in [0.3, 0.4) is 0 Å². The maximum absolute atomic E-state index is 11.8. The number of carboxylic acid groups (broad SMARTS) is 2. The highest BCUT2D eigenvalue weighted by Crippen LogP contribution is 2.03. The quantitative estimate of drug-likeness (QED) is 0.455. The highest BCUT2D eigenvalue weighted by molar-refractivity contribution is 5.86. The number of nitrogens with one attached hydrogen (secondary N) is 1. The fraction of sp³-hybridized carbons (Fsp3) is 0.727. The van der Waals surface area contributed by atoms with Gasteiger partial charge in [-0.2, -0.15) is 0 Å². The molecule has 0 aromatic carbocycles. The van der Waals surface area contributed by atoms with Gasteiger partial charge in [-0.05, 0) is 0 Å². The maximum atomic E-state index is 11.8. The SMILES string of the molecule is O=C(O)CC(NC(=O)N1CCN(CCO)CC1)C(=O)O. The number of amides is 2. The van der Waals surface area contributed by atoms with Crippen molar-refractivity contribution >= 4 is 18.0 Å². The second-order valence-electron chi connectivity index (χ2n) is 4.49. The Bertz CT molecular complexity index is 367. The first-order valence-electron chi connectivity index (χ1n) is 6.27. The lowest BCUT2D eigenvalue weighted by molar-refractivity contribution is -0.145. The van der Waals surface area contributed by atoms with E-state index in [0.29, 0.717) is 32.7 Å². The van der Waals surface area contributed by atoms with Gasteiger partial charge in [0.2, 0.25) is 0 Å². The Labute approximate surface area is 115 Å². The fourth-order valence-electron chi connectivity index (χ4n) is 1.93. The average Bonchev–Trinajstić information content (AvgIpc) is 2.38. The Morgan fingerprint density at radius 3 is 2.15 bits per heavy atom. The first-order chi connectivity index (χ1) is 9.43. The van der Waals surface area contributed by atoms with Gasteiger partial charge < -0.3 is 25.5 Å². The van der Waals surface area contributed by atoms with Crippen molar-refractivity contribution < 1.29 is 29.7 Å². The number of nitrogens with zero attached hydrogens (tertiary/aromatic N) is 2. The standard InChI is InChI=1S/C11H19N3O6/c15-6-5-13-1-3-14(4-2-13)11(20)12-8(10(18)19)7-9(16)17/h8,15H,1-7H2,(H,12,20)(H,16,17)(H,18,19). The molecule has 1 atom stereocenters. The molecule has 4 N–H and O–H groups in total. The second-order valence-corrected chi connectivity index (χ2v) is 4.49. The number of aliphatic carboxylic acids is 2. The van der Waals surface area contributed by atoms with Gasteiger partial charge in [0.05, 0.1) is 13.0 Å². The van der Waals surface area contributed by atoms with Crippen molar-refractivity contribution in [1.82, 2.24) is 15.1 Å². The van der Waals surface area contributed by atoms with Crippen LogP contribution < -0.4 is 5.32 Å². The molecule has 0 aromatic heterocycles. The third-order valence-corrected chi connectivity index (χ3v) is 3.05. The van der Waals surface area contributed by atoms with Crippen LogP contribution in [0.15, 0.2) is 0 Å². The van der Waals surface area contributed by atoms with Crippen LogP contribution >= 0.6 is 0 Å². The molecular formula is C11H19N3O6.